The van der Waals surface area contributed by atoms with Gasteiger partial charge in [-0.15, -0.1) is 0 Å². The van der Waals surface area contributed by atoms with Crippen LogP contribution >= 0.6 is 15.9 Å². The summed E-state index contributed by atoms with van der Waals surface area (Å²) in [7, 11) is 2.10. The van der Waals surface area contributed by atoms with Crippen molar-refractivity contribution in [2.75, 3.05) is 13.6 Å². The van der Waals surface area contributed by atoms with Gasteiger partial charge in [0, 0.05) is 53.2 Å². The number of nitriles is 1. The van der Waals surface area contributed by atoms with Crippen LogP contribution in [0.3, 0.4) is 0 Å². The molecule has 0 bridgehead atoms. The molecule has 6 heteroatoms. The van der Waals surface area contributed by atoms with Crippen molar-refractivity contribution >= 4 is 15.9 Å². The van der Waals surface area contributed by atoms with E-state index >= 15 is 0 Å². The minimum atomic E-state index is 0.299. The summed E-state index contributed by atoms with van der Waals surface area (Å²) in [5.74, 6) is 0. The van der Waals surface area contributed by atoms with Crippen molar-refractivity contribution in [3.05, 3.63) is 34.2 Å². The molecule has 1 aliphatic heterocycles. The molecule has 0 radical (unpaired) electrons. The fraction of sp³-hybridized carbons (Fsp3) is 0.357. The monoisotopic (exact) mass is 331 g/mol. The standard InChI is InChI=1S/C14H14BrN5/c1-19-4-2-13-12(9-19)14(18-20(13)5-3-16)10-6-11(15)8-17-7-10/h6-8H,2,4-5,9H2,1H3. The predicted octanol–water partition coefficient (Wildman–Crippen LogP) is 2.22. The molecule has 0 saturated carbocycles. The maximum Gasteiger partial charge on any atom is 0.128 e. The molecule has 3 rings (SSSR count). The lowest BCUT2D eigenvalue weighted by Crippen LogP contribution is -2.27. The molecule has 3 heterocycles. The van der Waals surface area contributed by atoms with E-state index in [1.165, 1.54) is 11.3 Å². The summed E-state index contributed by atoms with van der Waals surface area (Å²) in [6, 6.07) is 4.20. The number of likely N-dealkylation sites (N-methyl/N-ethyl adjacent to an activating group) is 1. The van der Waals surface area contributed by atoms with Gasteiger partial charge in [-0.3, -0.25) is 9.67 Å². The zero-order chi connectivity index (χ0) is 14.1. The smallest absolute Gasteiger partial charge is 0.128 e. The van der Waals surface area contributed by atoms with E-state index in [4.69, 9.17) is 5.26 Å². The van der Waals surface area contributed by atoms with E-state index in [0.717, 1.165) is 35.2 Å². The number of fused-ring (bicyclic) bond motifs is 1. The van der Waals surface area contributed by atoms with Crippen LogP contribution in [0.5, 0.6) is 0 Å². The maximum absolute atomic E-state index is 8.96. The summed E-state index contributed by atoms with van der Waals surface area (Å²) in [6.45, 7) is 2.16. The summed E-state index contributed by atoms with van der Waals surface area (Å²) in [6.07, 6.45) is 4.51. The first kappa shape index (κ1) is 13.3. The van der Waals surface area contributed by atoms with Gasteiger partial charge in [0.25, 0.3) is 0 Å². The van der Waals surface area contributed by atoms with Crippen LogP contribution in [0.15, 0.2) is 22.9 Å². The number of pyridine rings is 1. The Morgan fingerprint density at radius 2 is 2.30 bits per heavy atom. The van der Waals surface area contributed by atoms with Crippen LogP contribution < -0.4 is 0 Å². The normalized spacial score (nSPS) is 14.8. The van der Waals surface area contributed by atoms with Crippen molar-refractivity contribution in [3.8, 4) is 17.3 Å². The minimum absolute atomic E-state index is 0.299. The van der Waals surface area contributed by atoms with Gasteiger partial charge in [-0.05, 0) is 29.0 Å². The minimum Gasteiger partial charge on any atom is -0.302 e. The first-order valence-corrected chi connectivity index (χ1v) is 7.23. The molecule has 0 aliphatic carbocycles. The van der Waals surface area contributed by atoms with Crippen molar-refractivity contribution in [2.24, 2.45) is 0 Å². The summed E-state index contributed by atoms with van der Waals surface area (Å²) in [4.78, 5) is 6.48. The van der Waals surface area contributed by atoms with Gasteiger partial charge in [0.05, 0.1) is 11.8 Å². The van der Waals surface area contributed by atoms with Gasteiger partial charge >= 0.3 is 0 Å². The molecule has 0 atom stereocenters. The Hall–Kier alpha value is -1.71. The molecule has 2 aromatic rings. The molecule has 5 nitrogen and oxygen atoms in total. The number of aromatic nitrogens is 3. The van der Waals surface area contributed by atoms with Crippen LogP contribution in [-0.2, 0) is 19.5 Å². The number of hydrogen-bond donors (Lipinski definition) is 0. The van der Waals surface area contributed by atoms with E-state index in [9.17, 15) is 0 Å². The Balaban J connectivity index is 2.13. The summed E-state index contributed by atoms with van der Waals surface area (Å²) in [5, 5.41) is 13.6. The lowest BCUT2D eigenvalue weighted by atomic mass is 10.0. The Labute approximate surface area is 126 Å². The molecular formula is C14H14BrN5. The van der Waals surface area contributed by atoms with Gasteiger partial charge < -0.3 is 4.90 Å². The Morgan fingerprint density at radius 1 is 1.45 bits per heavy atom. The van der Waals surface area contributed by atoms with Crippen molar-refractivity contribution < 1.29 is 0 Å². The fourth-order valence-electron chi connectivity index (χ4n) is 2.60. The summed E-state index contributed by atoms with van der Waals surface area (Å²) in [5.41, 5.74) is 4.33. The third kappa shape index (κ3) is 2.35. The molecule has 0 saturated heterocycles. The number of rotatable bonds is 2. The van der Waals surface area contributed by atoms with Crippen LogP contribution in [0.25, 0.3) is 11.3 Å². The van der Waals surface area contributed by atoms with E-state index < -0.39 is 0 Å². The maximum atomic E-state index is 8.96. The Kier molecular flexibility index (Phi) is 3.55. The van der Waals surface area contributed by atoms with Gasteiger partial charge in [-0.25, -0.2) is 0 Å². The Morgan fingerprint density at radius 3 is 3.05 bits per heavy atom. The van der Waals surface area contributed by atoms with Gasteiger partial charge in [-0.2, -0.15) is 10.4 Å². The molecule has 102 valence electrons. The third-order valence-electron chi connectivity index (χ3n) is 3.52. The van der Waals surface area contributed by atoms with Crippen LogP contribution in [0.2, 0.25) is 0 Å². The second-order valence-electron chi connectivity index (χ2n) is 4.97. The van der Waals surface area contributed by atoms with Gasteiger partial charge in [0.1, 0.15) is 6.54 Å². The zero-order valence-corrected chi connectivity index (χ0v) is 12.8. The molecule has 0 amide bonds. The van der Waals surface area contributed by atoms with Gasteiger partial charge in [-0.1, -0.05) is 0 Å². The quantitative estimate of drug-likeness (QED) is 0.846. The van der Waals surface area contributed by atoms with Crippen molar-refractivity contribution in [1.82, 2.24) is 19.7 Å². The van der Waals surface area contributed by atoms with Crippen molar-refractivity contribution in [2.45, 2.75) is 19.5 Å². The highest BCUT2D eigenvalue weighted by atomic mass is 79.9. The van der Waals surface area contributed by atoms with Crippen LogP contribution in [-0.4, -0.2) is 33.3 Å². The molecule has 0 N–H and O–H groups in total. The van der Waals surface area contributed by atoms with E-state index in [1.807, 2.05) is 16.9 Å². The largest absolute Gasteiger partial charge is 0.302 e. The molecule has 0 spiro atoms. The highest BCUT2D eigenvalue weighted by molar-refractivity contribution is 9.10. The highest BCUT2D eigenvalue weighted by Gasteiger charge is 2.24. The SMILES string of the molecule is CN1CCc2c(c(-c3cncc(Br)c3)nn2CC#N)C1. The number of nitrogens with zero attached hydrogens (tertiary/aromatic N) is 5. The molecule has 0 unspecified atom stereocenters. The van der Waals surface area contributed by atoms with Gasteiger partial charge in [0.2, 0.25) is 0 Å². The molecule has 0 aromatic carbocycles. The lowest BCUT2D eigenvalue weighted by molar-refractivity contribution is 0.308. The van der Waals surface area contributed by atoms with E-state index in [0.29, 0.717) is 6.54 Å². The molecular weight excluding hydrogens is 318 g/mol. The van der Waals surface area contributed by atoms with Crippen molar-refractivity contribution in [3.63, 3.8) is 0 Å². The second kappa shape index (κ2) is 5.35. The summed E-state index contributed by atoms with van der Waals surface area (Å²) >= 11 is 3.45. The topological polar surface area (TPSA) is 57.7 Å². The van der Waals surface area contributed by atoms with E-state index in [2.05, 4.69) is 44.0 Å². The fourth-order valence-corrected chi connectivity index (χ4v) is 2.96. The predicted molar refractivity (Wildman–Crippen MR) is 78.8 cm³/mol. The number of halogens is 1. The Bertz CT molecular complexity index is 685. The second-order valence-corrected chi connectivity index (χ2v) is 5.88. The lowest BCUT2D eigenvalue weighted by Gasteiger charge is -2.23. The van der Waals surface area contributed by atoms with Crippen molar-refractivity contribution in [1.29, 1.82) is 5.26 Å². The first-order chi connectivity index (χ1) is 9.69. The third-order valence-corrected chi connectivity index (χ3v) is 3.96. The van der Waals surface area contributed by atoms with E-state index in [1.54, 1.807) is 6.20 Å². The highest BCUT2D eigenvalue weighted by Crippen LogP contribution is 2.30. The number of hydrogen-bond acceptors (Lipinski definition) is 4. The van der Waals surface area contributed by atoms with Crippen LogP contribution in [0, 0.1) is 11.3 Å². The molecule has 1 aliphatic rings. The molecule has 2 aromatic heterocycles. The average Bonchev–Trinajstić information content (AvgIpc) is 2.77. The van der Waals surface area contributed by atoms with Crippen LogP contribution in [0.4, 0.5) is 0 Å². The van der Waals surface area contributed by atoms with Gasteiger partial charge in [0.15, 0.2) is 0 Å². The molecule has 0 fully saturated rings. The molecule has 20 heavy (non-hydrogen) atoms. The van der Waals surface area contributed by atoms with E-state index in [-0.39, 0.29) is 0 Å². The zero-order valence-electron chi connectivity index (χ0n) is 11.2. The van der Waals surface area contributed by atoms with Crippen LogP contribution in [0.1, 0.15) is 11.3 Å². The average molecular weight is 332 g/mol. The summed E-state index contributed by atoms with van der Waals surface area (Å²) < 4.78 is 2.77. The first-order valence-electron chi connectivity index (χ1n) is 6.44.